The Labute approximate surface area is 127 Å². The van der Waals surface area contributed by atoms with Crippen LogP contribution in [-0.2, 0) is 12.8 Å². The van der Waals surface area contributed by atoms with Crippen molar-refractivity contribution < 1.29 is 0 Å². The Morgan fingerprint density at radius 1 is 0.950 bits per heavy atom. The van der Waals surface area contributed by atoms with Gasteiger partial charge in [0.15, 0.2) is 0 Å². The molecule has 0 bridgehead atoms. The Kier molecular flexibility index (Phi) is 6.10. The van der Waals surface area contributed by atoms with E-state index in [4.69, 9.17) is 11.6 Å². The van der Waals surface area contributed by atoms with E-state index in [1.54, 1.807) is 0 Å². The van der Waals surface area contributed by atoms with Crippen LogP contribution in [0.3, 0.4) is 0 Å². The molecular formula is C18H22ClN. The van der Waals surface area contributed by atoms with Crippen LogP contribution >= 0.6 is 11.6 Å². The number of benzene rings is 2. The molecule has 0 heterocycles. The number of hydrogen-bond acceptors (Lipinski definition) is 1. The van der Waals surface area contributed by atoms with Gasteiger partial charge in [-0.3, -0.25) is 0 Å². The predicted molar refractivity (Wildman–Crippen MR) is 87.3 cm³/mol. The number of rotatable bonds is 7. The van der Waals surface area contributed by atoms with Crippen molar-refractivity contribution in [2.75, 3.05) is 13.1 Å². The van der Waals surface area contributed by atoms with Crippen molar-refractivity contribution in [3.8, 4) is 0 Å². The van der Waals surface area contributed by atoms with Crippen LogP contribution in [0.5, 0.6) is 0 Å². The molecule has 0 aliphatic carbocycles. The fourth-order valence-electron chi connectivity index (χ4n) is 2.51. The lowest BCUT2D eigenvalue weighted by Crippen LogP contribution is -2.25. The van der Waals surface area contributed by atoms with Gasteiger partial charge in [0, 0.05) is 5.02 Å². The molecule has 1 unspecified atom stereocenters. The minimum Gasteiger partial charge on any atom is -0.317 e. The molecule has 2 aromatic carbocycles. The topological polar surface area (TPSA) is 12.0 Å². The van der Waals surface area contributed by atoms with Crippen molar-refractivity contribution in [1.29, 1.82) is 0 Å². The van der Waals surface area contributed by atoms with E-state index in [9.17, 15) is 0 Å². The summed E-state index contributed by atoms with van der Waals surface area (Å²) in [7, 11) is 0. The average Bonchev–Trinajstić information content (AvgIpc) is 2.46. The van der Waals surface area contributed by atoms with Crippen LogP contribution in [0.15, 0.2) is 54.6 Å². The van der Waals surface area contributed by atoms with E-state index in [1.807, 2.05) is 12.1 Å². The van der Waals surface area contributed by atoms with Crippen LogP contribution in [0.2, 0.25) is 5.02 Å². The van der Waals surface area contributed by atoms with E-state index in [-0.39, 0.29) is 0 Å². The van der Waals surface area contributed by atoms with Gasteiger partial charge in [-0.05, 0) is 55.1 Å². The van der Waals surface area contributed by atoms with E-state index in [0.717, 1.165) is 31.0 Å². The molecule has 106 valence electrons. The first kappa shape index (κ1) is 15.1. The van der Waals surface area contributed by atoms with Crippen molar-refractivity contribution in [3.05, 3.63) is 70.7 Å². The fraction of sp³-hybridized carbons (Fsp3) is 0.333. The van der Waals surface area contributed by atoms with Gasteiger partial charge in [-0.15, -0.1) is 0 Å². The average molecular weight is 288 g/mol. The van der Waals surface area contributed by atoms with Crippen LogP contribution in [0.4, 0.5) is 0 Å². The van der Waals surface area contributed by atoms with Crippen molar-refractivity contribution in [3.63, 3.8) is 0 Å². The molecule has 0 radical (unpaired) electrons. The van der Waals surface area contributed by atoms with Crippen LogP contribution in [0, 0.1) is 5.92 Å². The van der Waals surface area contributed by atoms with Crippen LogP contribution < -0.4 is 5.32 Å². The molecule has 1 atom stereocenters. The third-order valence-corrected chi connectivity index (χ3v) is 3.70. The number of hydrogen-bond donors (Lipinski definition) is 1. The van der Waals surface area contributed by atoms with Gasteiger partial charge in [0.2, 0.25) is 0 Å². The highest BCUT2D eigenvalue weighted by molar-refractivity contribution is 6.30. The molecule has 0 saturated heterocycles. The quantitative estimate of drug-likeness (QED) is 0.798. The molecule has 2 heteroatoms. The molecule has 0 aromatic heterocycles. The van der Waals surface area contributed by atoms with Crippen LogP contribution in [0.1, 0.15) is 18.1 Å². The zero-order valence-corrected chi connectivity index (χ0v) is 12.7. The normalized spacial score (nSPS) is 12.3. The zero-order valence-electron chi connectivity index (χ0n) is 12.0. The summed E-state index contributed by atoms with van der Waals surface area (Å²) in [4.78, 5) is 0. The SMILES string of the molecule is CCNCC(Cc1ccccc1)Cc1cccc(Cl)c1. The van der Waals surface area contributed by atoms with Crippen LogP contribution in [-0.4, -0.2) is 13.1 Å². The molecule has 20 heavy (non-hydrogen) atoms. The summed E-state index contributed by atoms with van der Waals surface area (Å²) in [5.41, 5.74) is 2.72. The summed E-state index contributed by atoms with van der Waals surface area (Å²) in [6.45, 7) is 4.21. The lowest BCUT2D eigenvalue weighted by Gasteiger charge is -2.18. The van der Waals surface area contributed by atoms with E-state index in [1.165, 1.54) is 11.1 Å². The Balaban J connectivity index is 2.03. The maximum atomic E-state index is 6.08. The third kappa shape index (κ3) is 4.99. The molecule has 1 N–H and O–H groups in total. The van der Waals surface area contributed by atoms with E-state index in [0.29, 0.717) is 5.92 Å². The maximum Gasteiger partial charge on any atom is 0.0408 e. The van der Waals surface area contributed by atoms with Gasteiger partial charge < -0.3 is 5.32 Å². The standard InChI is InChI=1S/C18H22ClN/c1-2-20-14-17(11-15-7-4-3-5-8-15)12-16-9-6-10-18(19)13-16/h3-10,13,17,20H,2,11-12,14H2,1H3. The largest absolute Gasteiger partial charge is 0.317 e. The van der Waals surface area contributed by atoms with Gasteiger partial charge in [0.1, 0.15) is 0 Å². The molecule has 1 nitrogen and oxygen atoms in total. The van der Waals surface area contributed by atoms with Gasteiger partial charge in [0.05, 0.1) is 0 Å². The molecule has 2 aromatic rings. The summed E-state index contributed by atoms with van der Waals surface area (Å²) in [5, 5.41) is 4.29. The summed E-state index contributed by atoms with van der Waals surface area (Å²) in [5.74, 6) is 0.593. The summed E-state index contributed by atoms with van der Waals surface area (Å²) < 4.78 is 0. The minimum absolute atomic E-state index is 0.593. The Hall–Kier alpha value is -1.31. The predicted octanol–water partition coefficient (Wildman–Crippen LogP) is 4.35. The van der Waals surface area contributed by atoms with Gasteiger partial charge in [-0.25, -0.2) is 0 Å². The second-order valence-electron chi connectivity index (χ2n) is 5.20. The van der Waals surface area contributed by atoms with Crippen molar-refractivity contribution in [2.45, 2.75) is 19.8 Å². The summed E-state index contributed by atoms with van der Waals surface area (Å²) in [6, 6.07) is 18.9. The fourth-order valence-corrected chi connectivity index (χ4v) is 2.72. The minimum atomic E-state index is 0.593. The van der Waals surface area contributed by atoms with Gasteiger partial charge in [0.25, 0.3) is 0 Å². The molecular weight excluding hydrogens is 266 g/mol. The third-order valence-electron chi connectivity index (χ3n) is 3.46. The highest BCUT2D eigenvalue weighted by Crippen LogP contribution is 2.17. The second-order valence-corrected chi connectivity index (χ2v) is 5.63. The maximum absolute atomic E-state index is 6.08. The lowest BCUT2D eigenvalue weighted by molar-refractivity contribution is 0.478. The number of halogens is 1. The molecule has 0 aliphatic rings. The van der Waals surface area contributed by atoms with Gasteiger partial charge in [-0.2, -0.15) is 0 Å². The molecule has 0 aliphatic heterocycles. The summed E-state index contributed by atoms with van der Waals surface area (Å²) >= 11 is 6.08. The lowest BCUT2D eigenvalue weighted by atomic mass is 9.92. The van der Waals surface area contributed by atoms with Crippen LogP contribution in [0.25, 0.3) is 0 Å². The van der Waals surface area contributed by atoms with Crippen molar-refractivity contribution >= 4 is 11.6 Å². The van der Waals surface area contributed by atoms with E-state index in [2.05, 4.69) is 54.7 Å². The molecule has 0 saturated carbocycles. The molecule has 0 spiro atoms. The van der Waals surface area contributed by atoms with Crippen molar-refractivity contribution in [1.82, 2.24) is 5.32 Å². The highest BCUT2D eigenvalue weighted by atomic mass is 35.5. The first-order chi connectivity index (χ1) is 9.78. The highest BCUT2D eigenvalue weighted by Gasteiger charge is 2.10. The number of nitrogens with one attached hydrogen (secondary N) is 1. The van der Waals surface area contributed by atoms with Crippen molar-refractivity contribution in [2.24, 2.45) is 5.92 Å². The summed E-state index contributed by atoms with van der Waals surface area (Å²) in [6.07, 6.45) is 2.16. The molecule has 0 amide bonds. The van der Waals surface area contributed by atoms with E-state index >= 15 is 0 Å². The Bertz CT molecular complexity index is 510. The monoisotopic (exact) mass is 287 g/mol. The first-order valence-corrected chi connectivity index (χ1v) is 7.65. The Morgan fingerprint density at radius 2 is 1.65 bits per heavy atom. The molecule has 2 rings (SSSR count). The second kappa shape index (κ2) is 8.08. The first-order valence-electron chi connectivity index (χ1n) is 7.27. The Morgan fingerprint density at radius 3 is 2.35 bits per heavy atom. The smallest absolute Gasteiger partial charge is 0.0408 e. The van der Waals surface area contributed by atoms with E-state index < -0.39 is 0 Å². The molecule has 0 fully saturated rings. The van der Waals surface area contributed by atoms with Gasteiger partial charge in [-0.1, -0.05) is 61.0 Å². The zero-order chi connectivity index (χ0) is 14.2. The van der Waals surface area contributed by atoms with Gasteiger partial charge >= 0.3 is 0 Å².